The van der Waals surface area contributed by atoms with Crippen molar-refractivity contribution >= 4 is 56.7 Å². The van der Waals surface area contributed by atoms with Gasteiger partial charge in [-0.2, -0.15) is 0 Å². The number of nitrogens with one attached hydrogen (secondary N) is 1. The van der Waals surface area contributed by atoms with Gasteiger partial charge in [-0.1, -0.05) is 34.5 Å². The number of methoxy groups -OCH3 is 1. The quantitative estimate of drug-likeness (QED) is 0.565. The molecule has 0 aliphatic carbocycles. The Morgan fingerprint density at radius 1 is 1.26 bits per heavy atom. The van der Waals surface area contributed by atoms with Gasteiger partial charge in [0.05, 0.1) is 18.7 Å². The second kappa shape index (κ2) is 10.2. The van der Waals surface area contributed by atoms with Crippen LogP contribution in [0.1, 0.15) is 18.9 Å². The molecule has 1 saturated heterocycles. The maximum absolute atomic E-state index is 12.5. The summed E-state index contributed by atoms with van der Waals surface area (Å²) in [7, 11) is 1.49. The van der Waals surface area contributed by atoms with E-state index in [9.17, 15) is 14.4 Å². The van der Waals surface area contributed by atoms with Gasteiger partial charge in [-0.05, 0) is 48.4 Å². The molecule has 164 valence electrons. The Bertz CT molecular complexity index is 1010. The molecular weight excluding hydrogens is 488 g/mol. The summed E-state index contributed by atoms with van der Waals surface area (Å²) in [6.07, 6.45) is 0.727. The molecule has 0 radical (unpaired) electrons. The molecule has 1 N–H and O–H groups in total. The van der Waals surface area contributed by atoms with Gasteiger partial charge in [-0.25, -0.2) is 0 Å². The third-order valence-electron chi connectivity index (χ3n) is 4.96. The van der Waals surface area contributed by atoms with Crippen LogP contribution in [0.15, 0.2) is 40.9 Å². The summed E-state index contributed by atoms with van der Waals surface area (Å²) in [5, 5.41) is 3.20. The van der Waals surface area contributed by atoms with Gasteiger partial charge in [0.2, 0.25) is 5.91 Å². The van der Waals surface area contributed by atoms with Gasteiger partial charge in [0.25, 0.3) is 5.91 Å². The van der Waals surface area contributed by atoms with Gasteiger partial charge in [0, 0.05) is 28.1 Å². The van der Waals surface area contributed by atoms with Crippen LogP contribution in [0.3, 0.4) is 0 Å². The van der Waals surface area contributed by atoms with E-state index >= 15 is 0 Å². The summed E-state index contributed by atoms with van der Waals surface area (Å²) in [5.41, 5.74) is 2.12. The van der Waals surface area contributed by atoms with Crippen molar-refractivity contribution in [3.63, 3.8) is 0 Å². The van der Waals surface area contributed by atoms with Crippen LogP contribution in [0, 0.1) is 5.92 Å². The van der Waals surface area contributed by atoms with E-state index in [1.807, 2.05) is 19.1 Å². The highest BCUT2D eigenvalue weighted by atomic mass is 79.9. The van der Waals surface area contributed by atoms with Gasteiger partial charge in [0.15, 0.2) is 6.61 Å². The number of hydrogen-bond acceptors (Lipinski definition) is 5. The molecule has 2 amide bonds. The number of hydrogen-bond donors (Lipinski definition) is 1. The summed E-state index contributed by atoms with van der Waals surface area (Å²) >= 11 is 9.45. The predicted octanol–water partition coefficient (Wildman–Crippen LogP) is 4.21. The first-order valence-electron chi connectivity index (χ1n) is 9.71. The normalized spacial score (nSPS) is 15.7. The molecule has 2 aromatic carbocycles. The number of ether oxygens (including phenoxy) is 2. The highest BCUT2D eigenvalue weighted by Crippen LogP contribution is 2.35. The van der Waals surface area contributed by atoms with E-state index in [-0.39, 0.29) is 18.9 Å². The average molecular weight is 510 g/mol. The molecule has 7 nitrogen and oxygen atoms in total. The van der Waals surface area contributed by atoms with Gasteiger partial charge in [-0.3, -0.25) is 14.4 Å². The Morgan fingerprint density at radius 3 is 2.74 bits per heavy atom. The standard InChI is InChI=1S/C22H22BrClN2O5/c1-3-13-8-15(23)4-6-17(13)25-20(27)12-31-22(29)14-9-21(28)26(11-14)18-10-16(24)5-7-19(18)30-2/h4-8,10,14H,3,9,11-12H2,1-2H3,(H,25,27)/t14-/m0/s1. The van der Waals surface area contributed by atoms with Crippen LogP contribution in [-0.2, 0) is 25.5 Å². The molecule has 2 aromatic rings. The van der Waals surface area contributed by atoms with E-state index < -0.39 is 24.4 Å². The molecule has 0 aromatic heterocycles. The lowest BCUT2D eigenvalue weighted by molar-refractivity contribution is -0.151. The summed E-state index contributed by atoms with van der Waals surface area (Å²) in [6, 6.07) is 10.5. The molecule has 0 unspecified atom stereocenters. The lowest BCUT2D eigenvalue weighted by Gasteiger charge is -2.19. The predicted molar refractivity (Wildman–Crippen MR) is 122 cm³/mol. The Hall–Kier alpha value is -2.58. The number of nitrogens with zero attached hydrogens (tertiary/aromatic N) is 1. The Labute approximate surface area is 193 Å². The molecular formula is C22H22BrClN2O5. The lowest BCUT2D eigenvalue weighted by atomic mass is 10.1. The zero-order valence-electron chi connectivity index (χ0n) is 17.1. The Morgan fingerprint density at radius 2 is 2.03 bits per heavy atom. The van der Waals surface area contributed by atoms with Crippen LogP contribution in [0.2, 0.25) is 5.02 Å². The van der Waals surface area contributed by atoms with Gasteiger partial charge < -0.3 is 19.7 Å². The minimum Gasteiger partial charge on any atom is -0.495 e. The van der Waals surface area contributed by atoms with Gasteiger partial charge in [0.1, 0.15) is 5.75 Å². The maximum Gasteiger partial charge on any atom is 0.311 e. The van der Waals surface area contributed by atoms with Crippen LogP contribution in [0.4, 0.5) is 11.4 Å². The Kier molecular flexibility index (Phi) is 7.56. The highest BCUT2D eigenvalue weighted by Gasteiger charge is 2.37. The summed E-state index contributed by atoms with van der Waals surface area (Å²) in [5.74, 6) is -1.48. The SMILES string of the molecule is CCc1cc(Br)ccc1NC(=O)COC(=O)[C@H]1CC(=O)N(c2cc(Cl)ccc2OC)C1. The first-order chi connectivity index (χ1) is 14.8. The van der Waals surface area contributed by atoms with Crippen molar-refractivity contribution < 1.29 is 23.9 Å². The van der Waals surface area contributed by atoms with Crippen LogP contribution < -0.4 is 15.0 Å². The number of carbonyl (C=O) groups is 3. The zero-order chi connectivity index (χ0) is 22.5. The van der Waals surface area contributed by atoms with Crippen molar-refractivity contribution in [3.8, 4) is 5.75 Å². The third-order valence-corrected chi connectivity index (χ3v) is 5.69. The third kappa shape index (κ3) is 5.57. The smallest absolute Gasteiger partial charge is 0.311 e. The molecule has 1 heterocycles. The van der Waals surface area contributed by atoms with Crippen molar-refractivity contribution in [1.82, 2.24) is 0 Å². The number of rotatable bonds is 7. The van der Waals surface area contributed by atoms with E-state index in [0.29, 0.717) is 22.1 Å². The van der Waals surface area contributed by atoms with Crippen molar-refractivity contribution in [2.24, 2.45) is 5.92 Å². The van der Waals surface area contributed by atoms with E-state index in [1.54, 1.807) is 24.3 Å². The molecule has 0 saturated carbocycles. The summed E-state index contributed by atoms with van der Waals surface area (Å²) in [4.78, 5) is 38.6. The summed E-state index contributed by atoms with van der Waals surface area (Å²) in [6.45, 7) is 1.68. The molecule has 1 aliphatic heterocycles. The van der Waals surface area contributed by atoms with Gasteiger partial charge in [-0.15, -0.1) is 0 Å². The number of esters is 1. The highest BCUT2D eigenvalue weighted by molar-refractivity contribution is 9.10. The summed E-state index contributed by atoms with van der Waals surface area (Å²) < 4.78 is 11.4. The average Bonchev–Trinajstić information content (AvgIpc) is 3.14. The van der Waals surface area contributed by atoms with Crippen molar-refractivity contribution in [1.29, 1.82) is 0 Å². The minimum atomic E-state index is -0.678. The fourth-order valence-corrected chi connectivity index (χ4v) is 3.96. The second-order valence-electron chi connectivity index (χ2n) is 7.03. The molecule has 0 bridgehead atoms. The number of carbonyl (C=O) groups excluding carboxylic acids is 3. The van der Waals surface area contributed by atoms with E-state index in [0.717, 1.165) is 16.5 Å². The fraction of sp³-hybridized carbons (Fsp3) is 0.318. The largest absolute Gasteiger partial charge is 0.495 e. The first-order valence-corrected chi connectivity index (χ1v) is 10.9. The molecule has 1 fully saturated rings. The molecule has 31 heavy (non-hydrogen) atoms. The number of aryl methyl sites for hydroxylation is 1. The minimum absolute atomic E-state index is 0.0111. The molecule has 3 rings (SSSR count). The Balaban J connectivity index is 1.59. The fourth-order valence-electron chi connectivity index (χ4n) is 3.39. The number of amides is 2. The van der Waals surface area contributed by atoms with Crippen LogP contribution in [-0.4, -0.2) is 38.0 Å². The zero-order valence-corrected chi connectivity index (χ0v) is 19.5. The molecule has 1 atom stereocenters. The maximum atomic E-state index is 12.5. The first kappa shape index (κ1) is 23.1. The van der Waals surface area contributed by atoms with E-state index in [1.165, 1.54) is 12.0 Å². The van der Waals surface area contributed by atoms with Gasteiger partial charge >= 0.3 is 5.97 Å². The van der Waals surface area contributed by atoms with Crippen molar-refractivity contribution in [2.45, 2.75) is 19.8 Å². The molecule has 1 aliphatic rings. The van der Waals surface area contributed by atoms with Crippen LogP contribution in [0.25, 0.3) is 0 Å². The topological polar surface area (TPSA) is 84.9 Å². The number of benzene rings is 2. The van der Waals surface area contributed by atoms with Crippen molar-refractivity contribution in [2.75, 3.05) is 30.5 Å². The lowest BCUT2D eigenvalue weighted by Crippen LogP contribution is -2.28. The van der Waals surface area contributed by atoms with E-state index in [4.69, 9.17) is 21.1 Å². The molecule has 9 heteroatoms. The van der Waals surface area contributed by atoms with Crippen LogP contribution >= 0.6 is 27.5 Å². The monoisotopic (exact) mass is 508 g/mol. The van der Waals surface area contributed by atoms with Crippen LogP contribution in [0.5, 0.6) is 5.75 Å². The molecule has 0 spiro atoms. The second-order valence-corrected chi connectivity index (χ2v) is 8.38. The number of halogens is 2. The van der Waals surface area contributed by atoms with Crippen molar-refractivity contribution in [3.05, 3.63) is 51.5 Å². The number of anilines is 2. The van der Waals surface area contributed by atoms with E-state index in [2.05, 4.69) is 21.2 Å².